The standard InChI is InChI=1S/C17H16F2N2O2/c18-13-6-3-7-14(16(13)19)20-17(23)21-9-8-11-4-1-2-5-12(11)15(21)10-22/h1-7,15,22H,8-10H2,(H,20,23). The summed E-state index contributed by atoms with van der Waals surface area (Å²) in [5.41, 5.74) is 1.73. The third-order valence-corrected chi connectivity index (χ3v) is 4.04. The highest BCUT2D eigenvalue weighted by Gasteiger charge is 2.30. The summed E-state index contributed by atoms with van der Waals surface area (Å²) < 4.78 is 26.9. The second-order valence-corrected chi connectivity index (χ2v) is 5.37. The summed E-state index contributed by atoms with van der Waals surface area (Å²) in [5.74, 6) is -2.12. The first-order valence-corrected chi connectivity index (χ1v) is 7.32. The molecule has 2 N–H and O–H groups in total. The highest BCUT2D eigenvalue weighted by molar-refractivity contribution is 5.90. The van der Waals surface area contributed by atoms with Crippen LogP contribution >= 0.6 is 0 Å². The van der Waals surface area contributed by atoms with Crippen LogP contribution in [0.5, 0.6) is 0 Å². The van der Waals surface area contributed by atoms with Crippen molar-refractivity contribution in [3.63, 3.8) is 0 Å². The van der Waals surface area contributed by atoms with Crippen LogP contribution in [0.25, 0.3) is 0 Å². The van der Waals surface area contributed by atoms with Crippen LogP contribution in [0.4, 0.5) is 19.3 Å². The zero-order valence-electron chi connectivity index (χ0n) is 12.3. The van der Waals surface area contributed by atoms with Gasteiger partial charge in [0.15, 0.2) is 11.6 Å². The molecule has 2 amide bonds. The van der Waals surface area contributed by atoms with Gasteiger partial charge in [0.1, 0.15) is 0 Å². The Bertz CT molecular complexity index is 736. The second kappa shape index (κ2) is 6.34. The molecule has 0 saturated heterocycles. The number of carbonyl (C=O) groups excluding carboxylic acids is 1. The molecular formula is C17H16F2N2O2. The Hall–Kier alpha value is -2.47. The first kappa shape index (κ1) is 15.4. The van der Waals surface area contributed by atoms with Gasteiger partial charge in [-0.15, -0.1) is 0 Å². The number of hydrogen-bond acceptors (Lipinski definition) is 2. The number of amides is 2. The maximum absolute atomic E-state index is 13.7. The average molecular weight is 318 g/mol. The Morgan fingerprint density at radius 1 is 1.22 bits per heavy atom. The van der Waals surface area contributed by atoms with E-state index in [2.05, 4.69) is 5.32 Å². The number of rotatable bonds is 2. The molecule has 1 heterocycles. The summed E-state index contributed by atoms with van der Waals surface area (Å²) in [6.07, 6.45) is 0.645. The highest BCUT2D eigenvalue weighted by Crippen LogP contribution is 2.30. The summed E-state index contributed by atoms with van der Waals surface area (Å²) in [6.45, 7) is 0.154. The van der Waals surface area contributed by atoms with Crippen LogP contribution in [-0.2, 0) is 6.42 Å². The molecule has 3 rings (SSSR count). The topological polar surface area (TPSA) is 52.6 Å². The molecule has 0 fully saturated rings. The normalized spacial score (nSPS) is 16.8. The molecule has 1 atom stereocenters. The largest absolute Gasteiger partial charge is 0.394 e. The van der Waals surface area contributed by atoms with Gasteiger partial charge >= 0.3 is 6.03 Å². The van der Waals surface area contributed by atoms with Gasteiger partial charge in [-0.05, 0) is 29.7 Å². The molecule has 1 aliphatic heterocycles. The van der Waals surface area contributed by atoms with Crippen LogP contribution in [0, 0.1) is 11.6 Å². The summed E-state index contributed by atoms with van der Waals surface area (Å²) in [5, 5.41) is 12.0. The number of nitrogens with zero attached hydrogens (tertiary/aromatic N) is 1. The molecule has 0 bridgehead atoms. The minimum absolute atomic E-state index is 0.217. The maximum Gasteiger partial charge on any atom is 0.322 e. The van der Waals surface area contributed by atoms with Crippen LogP contribution < -0.4 is 5.32 Å². The van der Waals surface area contributed by atoms with E-state index in [0.29, 0.717) is 13.0 Å². The number of carbonyl (C=O) groups is 1. The zero-order valence-corrected chi connectivity index (χ0v) is 12.3. The monoisotopic (exact) mass is 318 g/mol. The number of anilines is 1. The van der Waals surface area contributed by atoms with Gasteiger partial charge in [0.05, 0.1) is 18.3 Å². The summed E-state index contributed by atoms with van der Waals surface area (Å²) in [6, 6.07) is 10.1. The zero-order chi connectivity index (χ0) is 16.4. The van der Waals surface area contributed by atoms with Crippen molar-refractivity contribution >= 4 is 11.7 Å². The molecule has 120 valence electrons. The van der Waals surface area contributed by atoms with Crippen LogP contribution in [0.1, 0.15) is 17.2 Å². The average Bonchev–Trinajstić information content (AvgIpc) is 2.57. The van der Waals surface area contributed by atoms with Crippen molar-refractivity contribution < 1.29 is 18.7 Å². The summed E-state index contributed by atoms with van der Waals surface area (Å²) in [7, 11) is 0. The fraction of sp³-hybridized carbons (Fsp3) is 0.235. The van der Waals surface area contributed by atoms with Crippen molar-refractivity contribution in [3.05, 3.63) is 65.2 Å². The van der Waals surface area contributed by atoms with Crippen molar-refractivity contribution in [1.82, 2.24) is 4.90 Å². The van der Waals surface area contributed by atoms with Crippen molar-refractivity contribution in [2.75, 3.05) is 18.5 Å². The number of nitrogens with one attached hydrogen (secondary N) is 1. The van der Waals surface area contributed by atoms with Gasteiger partial charge in [0.25, 0.3) is 0 Å². The van der Waals surface area contributed by atoms with Gasteiger partial charge in [0, 0.05) is 6.54 Å². The number of aliphatic hydroxyl groups excluding tert-OH is 1. The lowest BCUT2D eigenvalue weighted by Gasteiger charge is -2.36. The van der Waals surface area contributed by atoms with Crippen molar-refractivity contribution in [3.8, 4) is 0 Å². The number of urea groups is 1. The Morgan fingerprint density at radius 3 is 2.78 bits per heavy atom. The Morgan fingerprint density at radius 2 is 2.00 bits per heavy atom. The molecule has 2 aromatic rings. The van der Waals surface area contributed by atoms with Crippen LogP contribution in [0.3, 0.4) is 0 Å². The molecule has 4 nitrogen and oxygen atoms in total. The van der Waals surface area contributed by atoms with E-state index in [-0.39, 0.29) is 12.3 Å². The third-order valence-electron chi connectivity index (χ3n) is 4.04. The predicted molar refractivity (Wildman–Crippen MR) is 82.1 cm³/mol. The first-order valence-electron chi connectivity index (χ1n) is 7.32. The van der Waals surface area contributed by atoms with E-state index in [0.717, 1.165) is 17.2 Å². The van der Waals surface area contributed by atoms with Gasteiger partial charge < -0.3 is 15.3 Å². The van der Waals surface area contributed by atoms with Crippen LogP contribution in [0.2, 0.25) is 0 Å². The molecule has 0 aliphatic carbocycles. The number of fused-ring (bicyclic) bond motifs is 1. The van der Waals surface area contributed by atoms with Crippen LogP contribution in [0.15, 0.2) is 42.5 Å². The molecule has 6 heteroatoms. The van der Waals surface area contributed by atoms with Gasteiger partial charge in [-0.3, -0.25) is 0 Å². The molecule has 1 unspecified atom stereocenters. The minimum atomic E-state index is -1.10. The molecule has 2 aromatic carbocycles. The number of hydrogen-bond donors (Lipinski definition) is 2. The highest BCUT2D eigenvalue weighted by atomic mass is 19.2. The quantitative estimate of drug-likeness (QED) is 0.894. The third kappa shape index (κ3) is 2.90. The first-order chi connectivity index (χ1) is 11.1. The van der Waals surface area contributed by atoms with E-state index in [4.69, 9.17) is 0 Å². The van der Waals surface area contributed by atoms with Gasteiger partial charge in [0.2, 0.25) is 0 Å². The van der Waals surface area contributed by atoms with Crippen molar-refractivity contribution in [2.24, 2.45) is 0 Å². The fourth-order valence-corrected chi connectivity index (χ4v) is 2.88. The van der Waals surface area contributed by atoms with Crippen LogP contribution in [-0.4, -0.2) is 29.2 Å². The van der Waals surface area contributed by atoms with E-state index < -0.39 is 23.7 Å². The molecular weight excluding hydrogens is 302 g/mol. The van der Waals surface area contributed by atoms with E-state index in [1.807, 2.05) is 24.3 Å². The molecule has 0 saturated carbocycles. The minimum Gasteiger partial charge on any atom is -0.394 e. The fourth-order valence-electron chi connectivity index (χ4n) is 2.88. The SMILES string of the molecule is O=C(Nc1cccc(F)c1F)N1CCc2ccccc2C1CO. The Kier molecular flexibility index (Phi) is 4.25. The Labute approximate surface area is 132 Å². The number of benzene rings is 2. The lowest BCUT2D eigenvalue weighted by Crippen LogP contribution is -2.44. The van der Waals surface area contributed by atoms with Gasteiger partial charge in [-0.1, -0.05) is 30.3 Å². The molecule has 0 radical (unpaired) electrons. The van der Waals surface area contributed by atoms with E-state index in [1.165, 1.54) is 17.0 Å². The van der Waals surface area contributed by atoms with E-state index >= 15 is 0 Å². The summed E-state index contributed by atoms with van der Waals surface area (Å²) >= 11 is 0. The summed E-state index contributed by atoms with van der Waals surface area (Å²) in [4.78, 5) is 13.9. The predicted octanol–water partition coefficient (Wildman–Crippen LogP) is 3.09. The van der Waals surface area contributed by atoms with Crippen molar-refractivity contribution in [1.29, 1.82) is 0 Å². The maximum atomic E-state index is 13.7. The van der Waals surface area contributed by atoms with E-state index in [9.17, 15) is 18.7 Å². The lowest BCUT2D eigenvalue weighted by molar-refractivity contribution is 0.135. The van der Waals surface area contributed by atoms with Gasteiger partial charge in [-0.2, -0.15) is 0 Å². The Balaban J connectivity index is 1.84. The second-order valence-electron chi connectivity index (χ2n) is 5.37. The number of halogens is 2. The lowest BCUT2D eigenvalue weighted by atomic mass is 9.93. The molecule has 0 spiro atoms. The van der Waals surface area contributed by atoms with E-state index in [1.54, 1.807) is 0 Å². The number of aliphatic hydroxyl groups is 1. The smallest absolute Gasteiger partial charge is 0.322 e. The van der Waals surface area contributed by atoms with Gasteiger partial charge in [-0.25, -0.2) is 13.6 Å². The molecule has 1 aliphatic rings. The molecule has 23 heavy (non-hydrogen) atoms. The molecule has 0 aromatic heterocycles. The van der Waals surface area contributed by atoms with Crippen molar-refractivity contribution in [2.45, 2.75) is 12.5 Å².